The molecule has 114 valence electrons. The summed E-state index contributed by atoms with van der Waals surface area (Å²) < 4.78 is 1.70. The maximum Gasteiger partial charge on any atom is 0.224 e. The molecule has 0 atom stereocenters. The summed E-state index contributed by atoms with van der Waals surface area (Å²) in [5, 5.41) is 7.39. The molecule has 6 nitrogen and oxygen atoms in total. The van der Waals surface area contributed by atoms with Crippen molar-refractivity contribution in [3.05, 3.63) is 12.7 Å². The van der Waals surface area contributed by atoms with E-state index in [0.29, 0.717) is 13.0 Å². The molecule has 20 heavy (non-hydrogen) atoms. The van der Waals surface area contributed by atoms with Gasteiger partial charge in [0.15, 0.2) is 0 Å². The van der Waals surface area contributed by atoms with Gasteiger partial charge in [0.1, 0.15) is 12.7 Å². The fourth-order valence-corrected chi connectivity index (χ4v) is 2.45. The van der Waals surface area contributed by atoms with Crippen molar-refractivity contribution in [2.75, 3.05) is 26.2 Å². The normalized spacial score (nSPS) is 15.9. The first-order chi connectivity index (χ1) is 9.29. The lowest BCUT2D eigenvalue weighted by molar-refractivity contribution is -0.132. The highest BCUT2D eigenvalue weighted by molar-refractivity contribution is 5.85. The summed E-state index contributed by atoms with van der Waals surface area (Å²) in [5.74, 6) is 0.955. The molecule has 0 radical (unpaired) electrons. The van der Waals surface area contributed by atoms with Crippen LogP contribution in [0.1, 0.15) is 26.2 Å². The predicted molar refractivity (Wildman–Crippen MR) is 79.7 cm³/mol. The average molecular weight is 302 g/mol. The van der Waals surface area contributed by atoms with Crippen LogP contribution in [-0.2, 0) is 11.3 Å². The van der Waals surface area contributed by atoms with E-state index in [1.807, 2.05) is 4.90 Å². The number of hydrogen-bond acceptors (Lipinski definition) is 4. The van der Waals surface area contributed by atoms with Crippen LogP contribution in [0.4, 0.5) is 0 Å². The van der Waals surface area contributed by atoms with E-state index in [0.717, 1.165) is 44.9 Å². The standard InChI is InChI=1S/C13H23N5O.ClH/c1-2-14-9-12-3-6-17(7-4-12)13(19)5-8-18-11-15-10-16-18;/h10-12,14H,2-9H2,1H3;1H. The van der Waals surface area contributed by atoms with Crippen LogP contribution < -0.4 is 5.32 Å². The van der Waals surface area contributed by atoms with E-state index in [1.54, 1.807) is 11.0 Å². The zero-order valence-corrected chi connectivity index (χ0v) is 12.8. The minimum absolute atomic E-state index is 0. The topological polar surface area (TPSA) is 63.1 Å². The van der Waals surface area contributed by atoms with Gasteiger partial charge in [0.25, 0.3) is 0 Å². The van der Waals surface area contributed by atoms with Gasteiger partial charge in [-0.15, -0.1) is 12.4 Å². The number of aryl methyl sites for hydroxylation is 1. The van der Waals surface area contributed by atoms with Gasteiger partial charge >= 0.3 is 0 Å². The Bertz CT molecular complexity index is 376. The smallest absolute Gasteiger partial charge is 0.224 e. The fraction of sp³-hybridized carbons (Fsp3) is 0.769. The Hall–Kier alpha value is -1.14. The number of aromatic nitrogens is 3. The van der Waals surface area contributed by atoms with Crippen molar-refractivity contribution in [1.29, 1.82) is 0 Å². The SMILES string of the molecule is CCNCC1CCN(C(=O)CCn2cncn2)CC1.Cl. The number of halogens is 1. The third-order valence-corrected chi connectivity index (χ3v) is 3.67. The Labute approximate surface area is 126 Å². The van der Waals surface area contributed by atoms with Gasteiger partial charge in [0.05, 0.1) is 6.54 Å². The molecule has 0 bridgehead atoms. The summed E-state index contributed by atoms with van der Waals surface area (Å²) >= 11 is 0. The van der Waals surface area contributed by atoms with Crippen molar-refractivity contribution < 1.29 is 4.79 Å². The Morgan fingerprint density at radius 2 is 2.15 bits per heavy atom. The van der Waals surface area contributed by atoms with Crippen LogP contribution in [0.2, 0.25) is 0 Å². The van der Waals surface area contributed by atoms with E-state index in [-0.39, 0.29) is 18.3 Å². The summed E-state index contributed by atoms with van der Waals surface area (Å²) in [6, 6.07) is 0. The van der Waals surface area contributed by atoms with Crippen molar-refractivity contribution in [2.24, 2.45) is 5.92 Å². The molecular weight excluding hydrogens is 278 g/mol. The lowest BCUT2D eigenvalue weighted by Gasteiger charge is -2.32. The van der Waals surface area contributed by atoms with E-state index >= 15 is 0 Å². The first-order valence-corrected chi connectivity index (χ1v) is 7.10. The van der Waals surface area contributed by atoms with Gasteiger partial charge in [-0.3, -0.25) is 9.48 Å². The largest absolute Gasteiger partial charge is 0.343 e. The average Bonchev–Trinajstić information content (AvgIpc) is 2.96. The Morgan fingerprint density at radius 3 is 2.75 bits per heavy atom. The number of hydrogen-bond donors (Lipinski definition) is 1. The van der Waals surface area contributed by atoms with E-state index in [4.69, 9.17) is 0 Å². The van der Waals surface area contributed by atoms with Gasteiger partial charge in [0.2, 0.25) is 5.91 Å². The van der Waals surface area contributed by atoms with Gasteiger partial charge in [-0.25, -0.2) is 4.98 Å². The number of nitrogens with one attached hydrogen (secondary N) is 1. The Balaban J connectivity index is 0.00000200. The van der Waals surface area contributed by atoms with Crippen LogP contribution in [0.15, 0.2) is 12.7 Å². The lowest BCUT2D eigenvalue weighted by atomic mass is 9.96. The highest BCUT2D eigenvalue weighted by Crippen LogP contribution is 2.17. The summed E-state index contributed by atoms with van der Waals surface area (Å²) in [6.07, 6.45) is 5.89. The molecule has 1 aromatic heterocycles. The molecule has 1 fully saturated rings. The number of rotatable bonds is 6. The minimum atomic E-state index is 0. The molecule has 0 saturated carbocycles. The third-order valence-electron chi connectivity index (χ3n) is 3.67. The fourth-order valence-electron chi connectivity index (χ4n) is 2.45. The number of amides is 1. The van der Waals surface area contributed by atoms with Crippen molar-refractivity contribution >= 4 is 18.3 Å². The van der Waals surface area contributed by atoms with Crippen LogP contribution in [0.25, 0.3) is 0 Å². The summed E-state index contributed by atoms with van der Waals surface area (Å²) in [7, 11) is 0. The maximum atomic E-state index is 12.1. The van der Waals surface area contributed by atoms with Gasteiger partial charge < -0.3 is 10.2 Å². The first-order valence-electron chi connectivity index (χ1n) is 7.10. The number of carbonyl (C=O) groups is 1. The van der Waals surface area contributed by atoms with E-state index in [2.05, 4.69) is 22.3 Å². The zero-order chi connectivity index (χ0) is 13.5. The summed E-state index contributed by atoms with van der Waals surface area (Å²) in [5.41, 5.74) is 0. The molecule has 0 aromatic carbocycles. The summed E-state index contributed by atoms with van der Waals surface area (Å²) in [4.78, 5) is 17.9. The molecule has 0 spiro atoms. The monoisotopic (exact) mass is 301 g/mol. The molecule has 2 rings (SSSR count). The highest BCUT2D eigenvalue weighted by atomic mass is 35.5. The minimum Gasteiger partial charge on any atom is -0.343 e. The molecular formula is C13H24ClN5O. The first kappa shape index (κ1) is 16.9. The number of nitrogens with zero attached hydrogens (tertiary/aromatic N) is 4. The molecule has 1 aliphatic heterocycles. The predicted octanol–water partition coefficient (Wildman–Crippen LogP) is 0.938. The molecule has 1 aliphatic rings. The molecule has 1 amide bonds. The number of piperidine rings is 1. The van der Waals surface area contributed by atoms with Gasteiger partial charge in [0, 0.05) is 19.5 Å². The summed E-state index contributed by atoms with van der Waals surface area (Å²) in [6.45, 7) is 6.64. The van der Waals surface area contributed by atoms with Crippen LogP contribution in [0.3, 0.4) is 0 Å². The second-order valence-corrected chi connectivity index (χ2v) is 5.04. The Morgan fingerprint density at radius 1 is 1.40 bits per heavy atom. The molecule has 7 heteroatoms. The van der Waals surface area contributed by atoms with Gasteiger partial charge in [-0.2, -0.15) is 5.10 Å². The number of carbonyl (C=O) groups excluding carboxylic acids is 1. The molecule has 1 N–H and O–H groups in total. The molecule has 1 aromatic rings. The van der Waals surface area contributed by atoms with Gasteiger partial charge in [-0.05, 0) is 31.8 Å². The molecule has 2 heterocycles. The van der Waals surface area contributed by atoms with Crippen molar-refractivity contribution in [3.8, 4) is 0 Å². The second kappa shape index (κ2) is 8.92. The van der Waals surface area contributed by atoms with Crippen molar-refractivity contribution in [3.63, 3.8) is 0 Å². The molecule has 0 aliphatic carbocycles. The Kier molecular flexibility index (Phi) is 7.54. The van der Waals surface area contributed by atoms with Crippen molar-refractivity contribution in [1.82, 2.24) is 25.0 Å². The highest BCUT2D eigenvalue weighted by Gasteiger charge is 2.22. The van der Waals surface area contributed by atoms with Gasteiger partial charge in [-0.1, -0.05) is 6.92 Å². The second-order valence-electron chi connectivity index (χ2n) is 5.04. The molecule has 0 unspecified atom stereocenters. The quantitative estimate of drug-likeness (QED) is 0.849. The van der Waals surface area contributed by atoms with E-state index in [1.165, 1.54) is 6.33 Å². The van der Waals surface area contributed by atoms with Crippen LogP contribution in [0.5, 0.6) is 0 Å². The van der Waals surface area contributed by atoms with Crippen LogP contribution in [0, 0.1) is 5.92 Å². The zero-order valence-electron chi connectivity index (χ0n) is 12.0. The maximum absolute atomic E-state index is 12.1. The van der Waals surface area contributed by atoms with Crippen molar-refractivity contribution in [2.45, 2.75) is 32.7 Å². The molecule has 1 saturated heterocycles. The van der Waals surface area contributed by atoms with Crippen LogP contribution >= 0.6 is 12.4 Å². The third kappa shape index (κ3) is 5.09. The van der Waals surface area contributed by atoms with E-state index in [9.17, 15) is 4.79 Å². The van der Waals surface area contributed by atoms with E-state index < -0.39 is 0 Å². The lowest BCUT2D eigenvalue weighted by Crippen LogP contribution is -2.41. The van der Waals surface area contributed by atoms with Crippen LogP contribution in [-0.4, -0.2) is 51.8 Å². The number of likely N-dealkylation sites (tertiary alicyclic amines) is 1.